The molecule has 0 bridgehead atoms. The number of nitrogens with zero attached hydrogens (tertiary/aromatic N) is 1. The molecule has 2 nitrogen and oxygen atoms in total. The minimum Gasteiger partial charge on any atom is -0.383 e. The Morgan fingerprint density at radius 3 is 2.30 bits per heavy atom. The van der Waals surface area contributed by atoms with Crippen molar-refractivity contribution in [1.82, 2.24) is 4.90 Å². The van der Waals surface area contributed by atoms with Crippen LogP contribution in [0.1, 0.15) is 0 Å². The van der Waals surface area contributed by atoms with Crippen molar-refractivity contribution in [3.8, 4) is 0 Å². The maximum Gasteiger partial charge on any atom is 0.0881 e. The van der Waals surface area contributed by atoms with Crippen LogP contribution in [0.5, 0.6) is 0 Å². The maximum absolute atomic E-state index is 7.18. The largest absolute Gasteiger partial charge is 0.383 e. The van der Waals surface area contributed by atoms with E-state index < -0.39 is 0 Å². The normalized spacial score (nSPS) is 9.10. The Labute approximate surface area is 83.6 Å². The molecule has 0 atom stereocenters. The van der Waals surface area contributed by atoms with Gasteiger partial charge in [0.25, 0.3) is 0 Å². The molecule has 0 heterocycles. The molecule has 1 N–H and O–H groups in total. The molecule has 0 aliphatic carbocycles. The van der Waals surface area contributed by atoms with Crippen molar-refractivity contribution < 1.29 is 0 Å². The molecule has 4 heteroatoms. The first-order valence-corrected chi connectivity index (χ1v) is 3.86. The molecule has 0 saturated heterocycles. The highest BCUT2D eigenvalue weighted by atomic mass is 127. The van der Waals surface area contributed by atoms with E-state index >= 15 is 0 Å². The predicted molar refractivity (Wildman–Crippen MR) is 59.5 cm³/mol. The fourth-order valence-corrected chi connectivity index (χ4v) is 0.482. The Balaban J connectivity index is 0. The van der Waals surface area contributed by atoms with Crippen LogP contribution in [-0.2, 0) is 0 Å². The molecule has 0 unspecified atom stereocenters. The maximum atomic E-state index is 7.18. The van der Waals surface area contributed by atoms with E-state index in [9.17, 15) is 0 Å². The molecule has 10 heavy (non-hydrogen) atoms. The van der Waals surface area contributed by atoms with Gasteiger partial charge < -0.3 is 4.90 Å². The summed E-state index contributed by atoms with van der Waals surface area (Å²) in [5.74, 6) is 0. The van der Waals surface area contributed by atoms with Crippen LogP contribution < -0.4 is 0 Å². The third kappa shape index (κ3) is 8.29. The summed E-state index contributed by atoms with van der Waals surface area (Å²) in [6.07, 6.45) is 5.52. The summed E-state index contributed by atoms with van der Waals surface area (Å²) in [5, 5.41) is 7.77. The van der Waals surface area contributed by atoms with Crippen LogP contribution in [0.25, 0.3) is 0 Å². The van der Waals surface area contributed by atoms with Gasteiger partial charge in [0, 0.05) is 20.3 Å². The average Bonchev–Trinajstić information content (AvgIpc) is 1.83. The molecule has 0 spiro atoms. The van der Waals surface area contributed by atoms with Crippen LogP contribution >= 0.6 is 35.7 Å². The zero-order chi connectivity index (χ0) is 7.28. The Kier molecular flexibility index (Phi) is 9.56. The second kappa shape index (κ2) is 7.40. The molecule has 0 aromatic carbocycles. The van der Waals surface area contributed by atoms with Gasteiger partial charge in [-0.25, -0.2) is 0 Å². The zero-order valence-corrected chi connectivity index (χ0v) is 9.57. The van der Waals surface area contributed by atoms with E-state index in [2.05, 4.69) is 0 Å². The fourth-order valence-electron chi connectivity index (χ4n) is 0.285. The van der Waals surface area contributed by atoms with Crippen molar-refractivity contribution in [2.45, 2.75) is 0 Å². The number of hydrogen-bond donors (Lipinski definition) is 1. The smallest absolute Gasteiger partial charge is 0.0881 e. The van der Waals surface area contributed by atoms with Gasteiger partial charge in [-0.05, 0) is 12.3 Å². The lowest BCUT2D eigenvalue weighted by Gasteiger charge is -2.01. The van der Waals surface area contributed by atoms with E-state index in [0.717, 1.165) is 0 Å². The van der Waals surface area contributed by atoms with E-state index in [1.165, 1.54) is 11.8 Å². The van der Waals surface area contributed by atoms with Gasteiger partial charge in [-0.2, -0.15) is 0 Å². The molecular formula is C6H13IN2S. The van der Waals surface area contributed by atoms with Crippen molar-refractivity contribution in [2.24, 2.45) is 0 Å². The summed E-state index contributed by atoms with van der Waals surface area (Å²) in [4.78, 5) is 1.91. The number of halogens is 1. The molecule has 0 fully saturated rings. The van der Waals surface area contributed by atoms with Crippen molar-refractivity contribution in [3.05, 3.63) is 12.3 Å². The Morgan fingerprint density at radius 2 is 2.00 bits per heavy atom. The van der Waals surface area contributed by atoms with Gasteiger partial charge in [0.05, 0.1) is 5.04 Å². The number of rotatable bonds is 2. The van der Waals surface area contributed by atoms with Gasteiger partial charge in [0.2, 0.25) is 0 Å². The SMILES string of the molecule is CSC(=N)/C=C/N(C)C.I. The third-order valence-electron chi connectivity index (χ3n) is 0.744. The summed E-state index contributed by atoms with van der Waals surface area (Å²) >= 11 is 1.44. The molecule has 0 aliphatic rings. The Bertz CT molecular complexity index is 123. The highest BCUT2D eigenvalue weighted by molar-refractivity contribution is 14.0. The van der Waals surface area contributed by atoms with Gasteiger partial charge >= 0.3 is 0 Å². The van der Waals surface area contributed by atoms with Gasteiger partial charge in [-0.1, -0.05) is 0 Å². The number of hydrogen-bond acceptors (Lipinski definition) is 3. The van der Waals surface area contributed by atoms with E-state index in [0.29, 0.717) is 5.04 Å². The standard InChI is InChI=1S/C6H12N2S.HI/c1-8(2)5-4-6(7)9-3;/h4-5,7H,1-3H3;1H/b5-4+,7-6?;. The van der Waals surface area contributed by atoms with Gasteiger partial charge in [-0.15, -0.1) is 35.7 Å². The summed E-state index contributed by atoms with van der Waals surface area (Å²) in [6, 6.07) is 0. The van der Waals surface area contributed by atoms with Crippen LogP contribution in [0.3, 0.4) is 0 Å². The van der Waals surface area contributed by atoms with Crippen molar-refractivity contribution in [1.29, 1.82) is 5.41 Å². The zero-order valence-electron chi connectivity index (χ0n) is 6.42. The van der Waals surface area contributed by atoms with Crippen LogP contribution in [0.4, 0.5) is 0 Å². The summed E-state index contributed by atoms with van der Waals surface area (Å²) < 4.78 is 0. The lowest BCUT2D eigenvalue weighted by Crippen LogP contribution is -2.00. The first kappa shape index (κ1) is 12.9. The van der Waals surface area contributed by atoms with E-state index in [-0.39, 0.29) is 24.0 Å². The molecular weight excluding hydrogens is 259 g/mol. The quantitative estimate of drug-likeness (QED) is 0.473. The molecule has 0 saturated carbocycles. The molecule has 0 rings (SSSR count). The summed E-state index contributed by atoms with van der Waals surface area (Å²) in [5.41, 5.74) is 0. The van der Waals surface area contributed by atoms with Crippen molar-refractivity contribution in [3.63, 3.8) is 0 Å². The van der Waals surface area contributed by atoms with Crippen LogP contribution in [0, 0.1) is 5.41 Å². The summed E-state index contributed by atoms with van der Waals surface area (Å²) in [6.45, 7) is 0. The van der Waals surface area contributed by atoms with Crippen LogP contribution in [0.2, 0.25) is 0 Å². The monoisotopic (exact) mass is 272 g/mol. The minimum atomic E-state index is 0. The number of thioether (sulfide) groups is 1. The van der Waals surface area contributed by atoms with Crippen molar-refractivity contribution >= 4 is 40.8 Å². The molecule has 0 aromatic heterocycles. The predicted octanol–water partition coefficient (Wildman–Crippen LogP) is 2.02. The lowest BCUT2D eigenvalue weighted by atomic mass is 10.6. The first-order chi connectivity index (χ1) is 4.16. The van der Waals surface area contributed by atoms with E-state index in [1.54, 1.807) is 6.08 Å². The van der Waals surface area contributed by atoms with E-state index in [1.807, 2.05) is 31.5 Å². The van der Waals surface area contributed by atoms with Gasteiger partial charge in [0.15, 0.2) is 0 Å². The molecule has 0 aromatic rings. The van der Waals surface area contributed by atoms with Crippen LogP contribution in [0.15, 0.2) is 12.3 Å². The average molecular weight is 272 g/mol. The molecule has 0 amide bonds. The fraction of sp³-hybridized carbons (Fsp3) is 0.500. The second-order valence-electron chi connectivity index (χ2n) is 1.85. The minimum absolute atomic E-state index is 0. The Morgan fingerprint density at radius 1 is 1.50 bits per heavy atom. The van der Waals surface area contributed by atoms with Gasteiger partial charge in [0.1, 0.15) is 0 Å². The van der Waals surface area contributed by atoms with E-state index in [4.69, 9.17) is 5.41 Å². The topological polar surface area (TPSA) is 27.1 Å². The third-order valence-corrected chi connectivity index (χ3v) is 1.32. The second-order valence-corrected chi connectivity index (χ2v) is 2.70. The lowest BCUT2D eigenvalue weighted by molar-refractivity contribution is 0.564. The number of nitrogens with one attached hydrogen (secondary N) is 1. The van der Waals surface area contributed by atoms with Crippen LogP contribution in [-0.4, -0.2) is 30.3 Å². The Hall–Kier alpha value is 0.290. The summed E-state index contributed by atoms with van der Waals surface area (Å²) in [7, 11) is 3.87. The molecule has 60 valence electrons. The molecule has 0 aliphatic heterocycles. The van der Waals surface area contributed by atoms with Gasteiger partial charge in [-0.3, -0.25) is 5.41 Å². The van der Waals surface area contributed by atoms with Crippen molar-refractivity contribution in [2.75, 3.05) is 20.4 Å². The molecule has 0 radical (unpaired) electrons. The first-order valence-electron chi connectivity index (χ1n) is 2.64. The highest BCUT2D eigenvalue weighted by Crippen LogP contribution is 1.95. The highest BCUT2D eigenvalue weighted by Gasteiger charge is 1.83.